The lowest BCUT2D eigenvalue weighted by atomic mass is 9.70. The average Bonchev–Trinajstić information content (AvgIpc) is 1.49. The summed E-state index contributed by atoms with van der Waals surface area (Å²) in [4.78, 5) is 11.1. The maximum absolute atomic E-state index is 11.1. The van der Waals surface area contributed by atoms with Gasteiger partial charge < -0.3 is 5.11 Å². The van der Waals surface area contributed by atoms with E-state index in [4.69, 9.17) is 0 Å². The minimum absolute atomic E-state index is 0.0150. The molecule has 0 unspecified atom stereocenters. The van der Waals surface area contributed by atoms with E-state index in [0.717, 1.165) is 6.42 Å². The summed E-state index contributed by atoms with van der Waals surface area (Å²) in [6.45, 7) is 5.79. The van der Waals surface area contributed by atoms with Crippen molar-refractivity contribution in [2.45, 2.75) is 45.6 Å². The maximum atomic E-state index is 11.1. The van der Waals surface area contributed by atoms with E-state index in [0.29, 0.717) is 12.8 Å². The van der Waals surface area contributed by atoms with Crippen LogP contribution in [0.4, 0.5) is 0 Å². The van der Waals surface area contributed by atoms with Gasteiger partial charge in [-0.05, 0) is 18.8 Å². The average molecular weight is 156 g/mol. The molecule has 0 heterocycles. The van der Waals surface area contributed by atoms with Crippen LogP contribution in [0.15, 0.2) is 0 Å². The van der Waals surface area contributed by atoms with Crippen molar-refractivity contribution in [2.75, 3.05) is 0 Å². The molecular formula is C9H16O2. The Kier molecular flexibility index (Phi) is 1.83. The summed E-state index contributed by atoms with van der Waals surface area (Å²) in [7, 11) is 0. The number of ketones is 1. The van der Waals surface area contributed by atoms with Crippen LogP contribution < -0.4 is 0 Å². The van der Waals surface area contributed by atoms with Crippen LogP contribution in [0, 0.1) is 5.41 Å². The second-order valence-electron chi connectivity index (χ2n) is 4.73. The van der Waals surface area contributed by atoms with E-state index in [1.807, 2.05) is 13.8 Å². The predicted octanol–water partition coefficient (Wildman–Crippen LogP) is 1.52. The fourth-order valence-corrected chi connectivity index (χ4v) is 2.18. The monoisotopic (exact) mass is 156 g/mol. The molecule has 0 bridgehead atoms. The van der Waals surface area contributed by atoms with Crippen molar-refractivity contribution in [1.82, 2.24) is 0 Å². The van der Waals surface area contributed by atoms with Gasteiger partial charge in [0.05, 0.1) is 5.60 Å². The lowest BCUT2D eigenvalue weighted by Crippen LogP contribution is -2.40. The van der Waals surface area contributed by atoms with E-state index in [2.05, 4.69) is 0 Å². The summed E-state index contributed by atoms with van der Waals surface area (Å²) < 4.78 is 0. The Morgan fingerprint density at radius 1 is 1.27 bits per heavy atom. The number of hydrogen-bond acceptors (Lipinski definition) is 2. The van der Waals surface area contributed by atoms with Crippen LogP contribution in [0.25, 0.3) is 0 Å². The minimum atomic E-state index is -0.765. The van der Waals surface area contributed by atoms with Gasteiger partial charge in [-0.25, -0.2) is 0 Å². The second kappa shape index (κ2) is 2.31. The Morgan fingerprint density at radius 3 is 2.18 bits per heavy atom. The van der Waals surface area contributed by atoms with Gasteiger partial charge in [-0.3, -0.25) is 4.79 Å². The van der Waals surface area contributed by atoms with Gasteiger partial charge in [0.15, 0.2) is 0 Å². The van der Waals surface area contributed by atoms with Crippen LogP contribution in [-0.4, -0.2) is 16.5 Å². The molecule has 64 valence electrons. The highest BCUT2D eigenvalue weighted by Crippen LogP contribution is 2.38. The zero-order valence-corrected chi connectivity index (χ0v) is 7.48. The molecule has 1 rings (SSSR count). The van der Waals surface area contributed by atoms with Crippen LogP contribution in [0.5, 0.6) is 0 Å². The van der Waals surface area contributed by atoms with Crippen molar-refractivity contribution in [3.05, 3.63) is 0 Å². The third-order valence-electron chi connectivity index (χ3n) is 2.11. The lowest BCUT2D eigenvalue weighted by Gasteiger charge is -2.38. The van der Waals surface area contributed by atoms with E-state index in [1.54, 1.807) is 6.92 Å². The molecule has 1 N–H and O–H groups in total. The summed E-state index contributed by atoms with van der Waals surface area (Å²) in [5.74, 6) is 0.186. The van der Waals surface area contributed by atoms with Crippen LogP contribution >= 0.6 is 0 Å². The zero-order valence-electron chi connectivity index (χ0n) is 7.48. The molecule has 2 heteroatoms. The highest BCUT2D eigenvalue weighted by atomic mass is 16.3. The number of carbonyl (C=O) groups is 1. The van der Waals surface area contributed by atoms with Gasteiger partial charge in [0, 0.05) is 12.8 Å². The summed E-state index contributed by atoms with van der Waals surface area (Å²) in [6, 6.07) is 0. The molecule has 0 radical (unpaired) electrons. The Hall–Kier alpha value is -0.370. The topological polar surface area (TPSA) is 37.3 Å². The first-order valence-electron chi connectivity index (χ1n) is 4.05. The van der Waals surface area contributed by atoms with Gasteiger partial charge in [0.25, 0.3) is 0 Å². The first kappa shape index (κ1) is 8.72. The van der Waals surface area contributed by atoms with Gasteiger partial charge in [-0.15, -0.1) is 0 Å². The van der Waals surface area contributed by atoms with Crippen LogP contribution in [0.1, 0.15) is 40.0 Å². The largest absolute Gasteiger partial charge is 0.390 e. The molecular weight excluding hydrogens is 140 g/mol. The molecule has 0 saturated heterocycles. The smallest absolute Gasteiger partial charge is 0.136 e. The van der Waals surface area contributed by atoms with Crippen molar-refractivity contribution in [2.24, 2.45) is 5.41 Å². The van der Waals surface area contributed by atoms with E-state index in [1.165, 1.54) is 0 Å². The SMILES string of the molecule is CC1(C)CC(=O)C[C@@](C)(O)C1. The summed E-state index contributed by atoms with van der Waals surface area (Å²) >= 11 is 0. The van der Waals surface area contributed by atoms with Crippen LogP contribution in [-0.2, 0) is 4.79 Å². The molecule has 1 atom stereocenters. The van der Waals surface area contributed by atoms with E-state index >= 15 is 0 Å². The van der Waals surface area contributed by atoms with Crippen molar-refractivity contribution in [1.29, 1.82) is 0 Å². The third kappa shape index (κ3) is 2.29. The summed E-state index contributed by atoms with van der Waals surface area (Å²) in [5.41, 5.74) is -0.780. The predicted molar refractivity (Wildman–Crippen MR) is 43.3 cm³/mol. The van der Waals surface area contributed by atoms with Crippen LogP contribution in [0.3, 0.4) is 0 Å². The molecule has 0 amide bonds. The molecule has 1 aliphatic rings. The minimum Gasteiger partial charge on any atom is -0.390 e. The highest BCUT2D eigenvalue weighted by Gasteiger charge is 2.38. The molecule has 11 heavy (non-hydrogen) atoms. The molecule has 0 aromatic rings. The highest BCUT2D eigenvalue weighted by molar-refractivity contribution is 5.81. The van der Waals surface area contributed by atoms with E-state index < -0.39 is 5.60 Å². The standard InChI is InChI=1S/C9H16O2/c1-8(2)4-7(10)5-9(3,11)6-8/h11H,4-6H2,1-3H3/t9-/m1/s1. The Morgan fingerprint density at radius 2 is 1.82 bits per heavy atom. The van der Waals surface area contributed by atoms with Gasteiger partial charge >= 0.3 is 0 Å². The Balaban J connectivity index is 2.74. The molecule has 0 spiro atoms. The molecule has 0 aliphatic heterocycles. The number of carbonyl (C=O) groups excluding carboxylic acids is 1. The molecule has 1 fully saturated rings. The number of hydrogen-bond donors (Lipinski definition) is 1. The molecule has 1 aliphatic carbocycles. The Bertz CT molecular complexity index is 162. The van der Waals surface area contributed by atoms with Gasteiger partial charge in [0.2, 0.25) is 0 Å². The quantitative estimate of drug-likeness (QED) is 0.577. The maximum Gasteiger partial charge on any atom is 0.136 e. The number of rotatable bonds is 0. The van der Waals surface area contributed by atoms with Gasteiger partial charge in [0.1, 0.15) is 5.78 Å². The molecule has 0 aromatic heterocycles. The van der Waals surface area contributed by atoms with Crippen LogP contribution in [0.2, 0.25) is 0 Å². The van der Waals surface area contributed by atoms with Gasteiger partial charge in [-0.1, -0.05) is 13.8 Å². The summed E-state index contributed by atoms with van der Waals surface area (Å²) in [6.07, 6.45) is 1.67. The normalized spacial score (nSPS) is 37.3. The number of aliphatic hydroxyl groups is 1. The lowest BCUT2D eigenvalue weighted by molar-refractivity contribution is -0.132. The zero-order chi connectivity index (χ0) is 8.70. The van der Waals surface area contributed by atoms with Crippen molar-refractivity contribution < 1.29 is 9.90 Å². The fraction of sp³-hybridized carbons (Fsp3) is 0.889. The first-order valence-corrected chi connectivity index (χ1v) is 4.05. The number of Topliss-reactive ketones (excluding diaryl/α,β-unsaturated/α-hetero) is 1. The summed E-state index contributed by atoms with van der Waals surface area (Å²) in [5, 5.41) is 9.66. The fourth-order valence-electron chi connectivity index (χ4n) is 2.18. The van der Waals surface area contributed by atoms with Crippen molar-refractivity contribution >= 4 is 5.78 Å². The van der Waals surface area contributed by atoms with Crippen molar-refractivity contribution in [3.63, 3.8) is 0 Å². The molecule has 1 saturated carbocycles. The third-order valence-corrected chi connectivity index (χ3v) is 2.11. The van der Waals surface area contributed by atoms with Crippen molar-refractivity contribution in [3.8, 4) is 0 Å². The van der Waals surface area contributed by atoms with E-state index in [9.17, 15) is 9.90 Å². The first-order chi connectivity index (χ1) is 4.81. The van der Waals surface area contributed by atoms with Gasteiger partial charge in [-0.2, -0.15) is 0 Å². The second-order valence-corrected chi connectivity index (χ2v) is 4.73. The van der Waals surface area contributed by atoms with E-state index in [-0.39, 0.29) is 11.2 Å². The Labute approximate surface area is 67.6 Å². The molecule has 0 aromatic carbocycles. The molecule has 2 nitrogen and oxygen atoms in total.